The Labute approximate surface area is 138 Å². The summed E-state index contributed by atoms with van der Waals surface area (Å²) in [5.41, 5.74) is 2.22. The van der Waals surface area contributed by atoms with Gasteiger partial charge in [-0.25, -0.2) is 4.98 Å². The van der Waals surface area contributed by atoms with E-state index < -0.39 is 0 Å². The van der Waals surface area contributed by atoms with E-state index in [1.165, 1.54) is 11.3 Å². The van der Waals surface area contributed by atoms with Crippen LogP contribution >= 0.6 is 11.3 Å². The zero-order valence-electron chi connectivity index (χ0n) is 13.2. The predicted octanol–water partition coefficient (Wildman–Crippen LogP) is 4.14. The SMILES string of the molecule is CCCCOc1ccc(NC(=O)c2cn3c(C)csc3n2)cc1. The standard InChI is InChI=1S/C17H19N3O2S/c1-3-4-9-22-14-7-5-13(6-8-14)18-16(21)15-10-20-12(2)11-23-17(20)19-15/h5-8,10-11H,3-4,9H2,1-2H3,(H,18,21). The molecule has 1 amide bonds. The van der Waals surface area contributed by atoms with Crippen molar-refractivity contribution in [1.82, 2.24) is 9.38 Å². The van der Waals surface area contributed by atoms with E-state index in [0.29, 0.717) is 12.3 Å². The average molecular weight is 329 g/mol. The van der Waals surface area contributed by atoms with Crippen LogP contribution in [0.4, 0.5) is 5.69 Å². The van der Waals surface area contributed by atoms with Gasteiger partial charge in [0, 0.05) is 23.0 Å². The van der Waals surface area contributed by atoms with Crippen molar-refractivity contribution >= 4 is 27.9 Å². The number of ether oxygens (including phenoxy) is 1. The normalized spacial score (nSPS) is 10.9. The van der Waals surface area contributed by atoms with Crippen molar-refractivity contribution in [3.05, 3.63) is 47.2 Å². The Morgan fingerprint density at radius 2 is 2.13 bits per heavy atom. The van der Waals surface area contributed by atoms with E-state index in [1.54, 1.807) is 6.20 Å². The van der Waals surface area contributed by atoms with Crippen LogP contribution in [0, 0.1) is 6.92 Å². The topological polar surface area (TPSA) is 55.6 Å². The molecule has 5 nitrogen and oxygen atoms in total. The Balaban J connectivity index is 1.65. The first-order chi connectivity index (χ1) is 11.2. The lowest BCUT2D eigenvalue weighted by Crippen LogP contribution is -2.12. The van der Waals surface area contributed by atoms with Crippen LogP contribution in [0.3, 0.4) is 0 Å². The average Bonchev–Trinajstić information content (AvgIpc) is 3.12. The number of benzene rings is 1. The molecule has 0 atom stereocenters. The zero-order chi connectivity index (χ0) is 16.2. The fourth-order valence-corrected chi connectivity index (χ4v) is 3.02. The number of unbranched alkanes of at least 4 members (excludes halogenated alkanes) is 1. The second kappa shape index (κ2) is 6.83. The molecule has 0 saturated heterocycles. The summed E-state index contributed by atoms with van der Waals surface area (Å²) >= 11 is 1.53. The molecule has 23 heavy (non-hydrogen) atoms. The van der Waals surface area contributed by atoms with Crippen LogP contribution in [-0.2, 0) is 0 Å². The molecule has 0 fully saturated rings. The van der Waals surface area contributed by atoms with Crippen LogP contribution in [0.25, 0.3) is 4.96 Å². The number of carbonyl (C=O) groups excluding carboxylic acids is 1. The number of anilines is 1. The highest BCUT2D eigenvalue weighted by Gasteiger charge is 2.13. The van der Waals surface area contributed by atoms with Crippen molar-refractivity contribution in [3.63, 3.8) is 0 Å². The molecule has 2 heterocycles. The molecule has 0 bridgehead atoms. The van der Waals surface area contributed by atoms with E-state index >= 15 is 0 Å². The third-order valence-corrected chi connectivity index (χ3v) is 4.46. The maximum Gasteiger partial charge on any atom is 0.275 e. The van der Waals surface area contributed by atoms with Crippen molar-refractivity contribution in [2.24, 2.45) is 0 Å². The summed E-state index contributed by atoms with van der Waals surface area (Å²) in [4.78, 5) is 17.4. The van der Waals surface area contributed by atoms with Crippen LogP contribution in [-0.4, -0.2) is 21.9 Å². The number of amides is 1. The van der Waals surface area contributed by atoms with Gasteiger partial charge in [-0.1, -0.05) is 13.3 Å². The molecule has 0 saturated carbocycles. The molecular weight excluding hydrogens is 310 g/mol. The largest absolute Gasteiger partial charge is 0.494 e. The number of hydrogen-bond donors (Lipinski definition) is 1. The van der Waals surface area contributed by atoms with Crippen molar-refractivity contribution in [2.45, 2.75) is 26.7 Å². The highest BCUT2D eigenvalue weighted by atomic mass is 32.1. The number of nitrogens with zero attached hydrogens (tertiary/aromatic N) is 2. The Bertz CT molecular complexity index is 805. The molecule has 0 aliphatic carbocycles. The lowest BCUT2D eigenvalue weighted by atomic mass is 10.3. The van der Waals surface area contributed by atoms with E-state index in [-0.39, 0.29) is 5.91 Å². The number of thiazole rings is 1. The predicted molar refractivity (Wildman–Crippen MR) is 92.6 cm³/mol. The van der Waals surface area contributed by atoms with Gasteiger partial charge in [0.2, 0.25) is 0 Å². The third kappa shape index (κ3) is 3.53. The summed E-state index contributed by atoms with van der Waals surface area (Å²) in [5, 5.41) is 4.87. The first-order valence-electron chi connectivity index (χ1n) is 7.65. The van der Waals surface area contributed by atoms with Gasteiger partial charge in [0.05, 0.1) is 6.61 Å². The molecule has 1 aromatic carbocycles. The first-order valence-corrected chi connectivity index (χ1v) is 8.52. The molecule has 3 rings (SSSR count). The molecule has 0 radical (unpaired) electrons. The number of imidazole rings is 1. The van der Waals surface area contributed by atoms with Gasteiger partial charge in [0.15, 0.2) is 4.96 Å². The summed E-state index contributed by atoms with van der Waals surface area (Å²) < 4.78 is 7.53. The van der Waals surface area contributed by atoms with Gasteiger partial charge in [0.1, 0.15) is 11.4 Å². The Hall–Kier alpha value is -2.34. The molecule has 0 aliphatic heterocycles. The van der Waals surface area contributed by atoms with E-state index in [0.717, 1.165) is 34.9 Å². The zero-order valence-corrected chi connectivity index (χ0v) is 14.0. The summed E-state index contributed by atoms with van der Waals surface area (Å²) in [7, 11) is 0. The fourth-order valence-electron chi connectivity index (χ4n) is 2.17. The molecule has 120 valence electrons. The van der Waals surface area contributed by atoms with Crippen LogP contribution in [0.15, 0.2) is 35.8 Å². The molecule has 6 heteroatoms. The molecule has 0 unspecified atom stereocenters. The van der Waals surface area contributed by atoms with E-state index in [1.807, 2.05) is 41.0 Å². The van der Waals surface area contributed by atoms with Crippen molar-refractivity contribution in [3.8, 4) is 5.75 Å². The third-order valence-electron chi connectivity index (χ3n) is 3.50. The summed E-state index contributed by atoms with van der Waals surface area (Å²) in [6.45, 7) is 4.83. The molecule has 2 aromatic heterocycles. The van der Waals surface area contributed by atoms with Crippen LogP contribution in [0.5, 0.6) is 5.75 Å². The second-order valence-electron chi connectivity index (χ2n) is 5.34. The highest BCUT2D eigenvalue weighted by Crippen LogP contribution is 2.19. The molecule has 3 aromatic rings. The van der Waals surface area contributed by atoms with Gasteiger partial charge in [-0.3, -0.25) is 9.20 Å². The van der Waals surface area contributed by atoms with Gasteiger partial charge in [-0.15, -0.1) is 11.3 Å². The number of nitrogens with one attached hydrogen (secondary N) is 1. The van der Waals surface area contributed by atoms with Gasteiger partial charge in [0.25, 0.3) is 5.91 Å². The fraction of sp³-hybridized carbons (Fsp3) is 0.294. The maximum atomic E-state index is 12.3. The summed E-state index contributed by atoms with van der Waals surface area (Å²) in [6, 6.07) is 7.40. The minimum atomic E-state index is -0.208. The van der Waals surface area contributed by atoms with Crippen molar-refractivity contribution in [2.75, 3.05) is 11.9 Å². The molecule has 1 N–H and O–H groups in total. The summed E-state index contributed by atoms with van der Waals surface area (Å²) in [6.07, 6.45) is 3.91. The lowest BCUT2D eigenvalue weighted by Gasteiger charge is -2.07. The number of fused-ring (bicyclic) bond motifs is 1. The van der Waals surface area contributed by atoms with Crippen LogP contribution in [0.1, 0.15) is 35.9 Å². The van der Waals surface area contributed by atoms with Crippen molar-refractivity contribution < 1.29 is 9.53 Å². The monoisotopic (exact) mass is 329 g/mol. The van der Waals surface area contributed by atoms with Gasteiger partial charge in [-0.2, -0.15) is 0 Å². The van der Waals surface area contributed by atoms with Crippen LogP contribution in [0.2, 0.25) is 0 Å². The smallest absolute Gasteiger partial charge is 0.275 e. The molecular formula is C17H19N3O2S. The Morgan fingerprint density at radius 3 is 2.83 bits per heavy atom. The quantitative estimate of drug-likeness (QED) is 0.692. The number of aromatic nitrogens is 2. The Morgan fingerprint density at radius 1 is 1.35 bits per heavy atom. The van der Waals surface area contributed by atoms with E-state index in [9.17, 15) is 4.79 Å². The number of aryl methyl sites for hydroxylation is 1. The van der Waals surface area contributed by atoms with Crippen molar-refractivity contribution in [1.29, 1.82) is 0 Å². The Kier molecular flexibility index (Phi) is 4.62. The lowest BCUT2D eigenvalue weighted by molar-refractivity contribution is 0.102. The minimum absolute atomic E-state index is 0.208. The highest BCUT2D eigenvalue weighted by molar-refractivity contribution is 7.15. The van der Waals surface area contributed by atoms with Gasteiger partial charge >= 0.3 is 0 Å². The maximum absolute atomic E-state index is 12.3. The molecule has 0 aliphatic rings. The molecule has 0 spiro atoms. The van der Waals surface area contributed by atoms with Gasteiger partial charge < -0.3 is 10.1 Å². The number of carbonyl (C=O) groups is 1. The van der Waals surface area contributed by atoms with E-state index in [4.69, 9.17) is 4.74 Å². The summed E-state index contributed by atoms with van der Waals surface area (Å²) in [5.74, 6) is 0.606. The minimum Gasteiger partial charge on any atom is -0.494 e. The second-order valence-corrected chi connectivity index (χ2v) is 6.17. The van der Waals surface area contributed by atoms with Crippen LogP contribution < -0.4 is 10.1 Å². The number of hydrogen-bond acceptors (Lipinski definition) is 4. The van der Waals surface area contributed by atoms with E-state index in [2.05, 4.69) is 17.2 Å². The van der Waals surface area contributed by atoms with Gasteiger partial charge in [-0.05, 0) is 37.6 Å². The first kappa shape index (κ1) is 15.6. The number of rotatable bonds is 6.